The standard InChI is InChI=1S/C12H18O3/c1-9(2)8-12(15-3)6-4-10(5-7-12)11(13)14/h4-6,9H,7-8H2,1-3H3,(H,13,14). The second kappa shape index (κ2) is 4.62. The largest absolute Gasteiger partial charge is 0.478 e. The molecule has 0 aromatic carbocycles. The zero-order chi connectivity index (χ0) is 11.5. The van der Waals surface area contributed by atoms with Gasteiger partial charge in [0.15, 0.2) is 0 Å². The first-order valence-electron chi connectivity index (χ1n) is 5.17. The van der Waals surface area contributed by atoms with Crippen LogP contribution in [0.2, 0.25) is 0 Å². The first kappa shape index (κ1) is 12.0. The molecule has 0 aliphatic heterocycles. The third-order valence-electron chi connectivity index (χ3n) is 2.64. The molecule has 1 rings (SSSR count). The number of ether oxygens (including phenoxy) is 1. The first-order valence-corrected chi connectivity index (χ1v) is 5.17. The van der Waals surface area contributed by atoms with Crippen molar-refractivity contribution in [2.45, 2.75) is 32.3 Å². The van der Waals surface area contributed by atoms with E-state index in [1.165, 1.54) is 0 Å². The Bertz CT molecular complexity index is 302. The van der Waals surface area contributed by atoms with Crippen molar-refractivity contribution in [2.24, 2.45) is 5.92 Å². The molecule has 0 spiro atoms. The number of hydrogen-bond donors (Lipinski definition) is 1. The van der Waals surface area contributed by atoms with Gasteiger partial charge < -0.3 is 9.84 Å². The van der Waals surface area contributed by atoms with Crippen molar-refractivity contribution < 1.29 is 14.6 Å². The van der Waals surface area contributed by atoms with Gasteiger partial charge in [0, 0.05) is 7.11 Å². The predicted octanol–water partition coefficient (Wildman–Crippen LogP) is 2.39. The van der Waals surface area contributed by atoms with E-state index in [4.69, 9.17) is 9.84 Å². The van der Waals surface area contributed by atoms with Gasteiger partial charge in [0.1, 0.15) is 0 Å². The number of carboxylic acids is 1. The molecule has 1 aliphatic carbocycles. The maximum atomic E-state index is 10.7. The number of carbonyl (C=O) groups is 1. The van der Waals surface area contributed by atoms with Crippen LogP contribution in [0, 0.1) is 5.92 Å². The molecule has 0 saturated heterocycles. The molecule has 0 fully saturated rings. The third kappa shape index (κ3) is 2.93. The maximum Gasteiger partial charge on any atom is 0.335 e. The van der Waals surface area contributed by atoms with Crippen LogP contribution in [0.15, 0.2) is 23.8 Å². The van der Waals surface area contributed by atoms with E-state index in [9.17, 15) is 4.79 Å². The van der Waals surface area contributed by atoms with Crippen LogP contribution in [0.3, 0.4) is 0 Å². The summed E-state index contributed by atoms with van der Waals surface area (Å²) in [6, 6.07) is 0. The molecule has 15 heavy (non-hydrogen) atoms. The van der Waals surface area contributed by atoms with Gasteiger partial charge in [-0.2, -0.15) is 0 Å². The Kier molecular flexibility index (Phi) is 3.69. The molecule has 1 aliphatic rings. The Morgan fingerprint density at radius 3 is 2.67 bits per heavy atom. The topological polar surface area (TPSA) is 46.5 Å². The highest BCUT2D eigenvalue weighted by Gasteiger charge is 2.29. The fourth-order valence-corrected chi connectivity index (χ4v) is 1.90. The molecule has 1 atom stereocenters. The zero-order valence-corrected chi connectivity index (χ0v) is 9.49. The van der Waals surface area contributed by atoms with E-state index in [-0.39, 0.29) is 5.60 Å². The molecule has 3 nitrogen and oxygen atoms in total. The number of hydrogen-bond acceptors (Lipinski definition) is 2. The summed E-state index contributed by atoms with van der Waals surface area (Å²) in [4.78, 5) is 10.7. The Labute approximate surface area is 90.4 Å². The van der Waals surface area contributed by atoms with Crippen LogP contribution in [0.5, 0.6) is 0 Å². The molecule has 84 valence electrons. The van der Waals surface area contributed by atoms with Gasteiger partial charge in [0.2, 0.25) is 0 Å². The van der Waals surface area contributed by atoms with Crippen LogP contribution >= 0.6 is 0 Å². The van der Waals surface area contributed by atoms with E-state index < -0.39 is 5.97 Å². The van der Waals surface area contributed by atoms with Crippen molar-refractivity contribution in [3.63, 3.8) is 0 Å². The normalized spacial score (nSPS) is 25.5. The smallest absolute Gasteiger partial charge is 0.335 e. The summed E-state index contributed by atoms with van der Waals surface area (Å²) in [5.74, 6) is -0.352. The van der Waals surface area contributed by atoms with Crippen LogP contribution in [0.4, 0.5) is 0 Å². The highest BCUT2D eigenvalue weighted by molar-refractivity contribution is 5.90. The van der Waals surface area contributed by atoms with Gasteiger partial charge in [-0.05, 0) is 24.8 Å². The molecule has 0 radical (unpaired) electrons. The fourth-order valence-electron chi connectivity index (χ4n) is 1.90. The molecule has 0 heterocycles. The SMILES string of the molecule is COC1(CC(C)C)C=CC(C(=O)O)=CC1. The minimum atomic E-state index is -0.875. The molecule has 0 amide bonds. The van der Waals surface area contributed by atoms with Crippen molar-refractivity contribution in [1.29, 1.82) is 0 Å². The molecule has 1 unspecified atom stereocenters. The van der Waals surface area contributed by atoms with E-state index in [2.05, 4.69) is 13.8 Å². The second-order valence-electron chi connectivity index (χ2n) is 4.37. The van der Waals surface area contributed by atoms with Crippen LogP contribution in [-0.4, -0.2) is 23.8 Å². The lowest BCUT2D eigenvalue weighted by Gasteiger charge is -2.32. The third-order valence-corrected chi connectivity index (χ3v) is 2.64. The summed E-state index contributed by atoms with van der Waals surface area (Å²) >= 11 is 0. The van der Waals surface area contributed by atoms with Crippen molar-refractivity contribution in [3.8, 4) is 0 Å². The molecule has 0 bridgehead atoms. The summed E-state index contributed by atoms with van der Waals surface area (Å²) in [7, 11) is 1.67. The van der Waals surface area contributed by atoms with Crippen molar-refractivity contribution in [2.75, 3.05) is 7.11 Å². The van der Waals surface area contributed by atoms with E-state index in [0.717, 1.165) is 6.42 Å². The highest BCUT2D eigenvalue weighted by Crippen LogP contribution is 2.30. The molecule has 0 aromatic rings. The fraction of sp³-hybridized carbons (Fsp3) is 0.583. The molecular weight excluding hydrogens is 192 g/mol. The van der Waals surface area contributed by atoms with Crippen LogP contribution in [0.25, 0.3) is 0 Å². The van der Waals surface area contributed by atoms with Gasteiger partial charge in [-0.15, -0.1) is 0 Å². The monoisotopic (exact) mass is 210 g/mol. The lowest BCUT2D eigenvalue weighted by Crippen LogP contribution is -2.32. The maximum absolute atomic E-state index is 10.7. The van der Waals surface area contributed by atoms with Crippen molar-refractivity contribution >= 4 is 5.97 Å². The van der Waals surface area contributed by atoms with E-state index in [0.29, 0.717) is 17.9 Å². The minimum absolute atomic E-state index is 0.312. The average molecular weight is 210 g/mol. The Morgan fingerprint density at radius 1 is 1.67 bits per heavy atom. The van der Waals surface area contributed by atoms with Gasteiger partial charge >= 0.3 is 5.97 Å². The molecule has 0 aromatic heterocycles. The summed E-state index contributed by atoms with van der Waals surface area (Å²) in [5, 5.41) is 8.80. The Hall–Kier alpha value is -1.09. The van der Waals surface area contributed by atoms with Crippen molar-refractivity contribution in [3.05, 3.63) is 23.8 Å². The molecular formula is C12H18O3. The van der Waals surface area contributed by atoms with Gasteiger partial charge in [-0.1, -0.05) is 26.0 Å². The van der Waals surface area contributed by atoms with Gasteiger partial charge in [0.25, 0.3) is 0 Å². The highest BCUT2D eigenvalue weighted by atomic mass is 16.5. The van der Waals surface area contributed by atoms with Gasteiger partial charge in [-0.3, -0.25) is 0 Å². The quantitative estimate of drug-likeness (QED) is 0.775. The second-order valence-corrected chi connectivity index (χ2v) is 4.37. The summed E-state index contributed by atoms with van der Waals surface area (Å²) in [6.07, 6.45) is 6.78. The van der Waals surface area contributed by atoms with Crippen LogP contribution < -0.4 is 0 Å². The van der Waals surface area contributed by atoms with E-state index in [1.807, 2.05) is 6.08 Å². The number of aliphatic carboxylic acids is 1. The lowest BCUT2D eigenvalue weighted by molar-refractivity contribution is -0.132. The molecule has 0 saturated carbocycles. The number of methoxy groups -OCH3 is 1. The zero-order valence-electron chi connectivity index (χ0n) is 9.49. The summed E-state index contributed by atoms with van der Waals surface area (Å²) < 4.78 is 5.49. The number of rotatable bonds is 4. The minimum Gasteiger partial charge on any atom is -0.478 e. The summed E-state index contributed by atoms with van der Waals surface area (Å²) in [6.45, 7) is 4.26. The van der Waals surface area contributed by atoms with E-state index >= 15 is 0 Å². The van der Waals surface area contributed by atoms with Gasteiger partial charge in [-0.25, -0.2) is 4.79 Å². The molecule has 1 N–H and O–H groups in total. The predicted molar refractivity (Wildman–Crippen MR) is 58.7 cm³/mol. The lowest BCUT2D eigenvalue weighted by atomic mass is 9.85. The Balaban J connectivity index is 2.76. The molecule has 3 heteroatoms. The van der Waals surface area contributed by atoms with Crippen LogP contribution in [-0.2, 0) is 9.53 Å². The van der Waals surface area contributed by atoms with Crippen molar-refractivity contribution in [1.82, 2.24) is 0 Å². The van der Waals surface area contributed by atoms with E-state index in [1.54, 1.807) is 19.3 Å². The van der Waals surface area contributed by atoms with Crippen LogP contribution in [0.1, 0.15) is 26.7 Å². The summed E-state index contributed by atoms with van der Waals surface area (Å²) in [5.41, 5.74) is 0.0408. The van der Waals surface area contributed by atoms with Gasteiger partial charge in [0.05, 0.1) is 11.2 Å². The number of carboxylic acid groups (broad SMARTS) is 1. The Morgan fingerprint density at radius 2 is 2.33 bits per heavy atom. The average Bonchev–Trinajstić information content (AvgIpc) is 2.17. The first-order chi connectivity index (χ1) is 6.99.